The Morgan fingerprint density at radius 3 is 2.45 bits per heavy atom. The summed E-state index contributed by atoms with van der Waals surface area (Å²) in [7, 11) is 0. The van der Waals surface area contributed by atoms with Gasteiger partial charge in [-0.15, -0.1) is 0 Å². The van der Waals surface area contributed by atoms with Gasteiger partial charge in [-0.2, -0.15) is 0 Å². The fourth-order valence-electron chi connectivity index (χ4n) is 3.25. The second-order valence-corrected chi connectivity index (χ2v) is 7.12. The predicted molar refractivity (Wildman–Crippen MR) is 81.2 cm³/mol. The lowest BCUT2D eigenvalue weighted by atomic mass is 10.0. The van der Waals surface area contributed by atoms with Crippen LogP contribution >= 0.6 is 0 Å². The van der Waals surface area contributed by atoms with E-state index in [0.717, 1.165) is 13.1 Å². The van der Waals surface area contributed by atoms with E-state index in [-0.39, 0.29) is 11.9 Å². The third kappa shape index (κ3) is 3.00. The molecule has 0 aromatic carbocycles. The summed E-state index contributed by atoms with van der Waals surface area (Å²) in [5, 5.41) is 0. The van der Waals surface area contributed by atoms with Crippen LogP contribution in [0.1, 0.15) is 20.8 Å². The number of pyridine rings is 1. The van der Waals surface area contributed by atoms with Gasteiger partial charge in [-0.25, -0.2) is 14.2 Å². The third-order valence-corrected chi connectivity index (χ3v) is 4.18. The molecule has 0 spiro atoms. The zero-order chi connectivity index (χ0) is 15.9. The lowest BCUT2D eigenvalue weighted by Gasteiger charge is -2.26. The van der Waals surface area contributed by atoms with Crippen molar-refractivity contribution in [1.29, 1.82) is 0 Å². The first-order valence-corrected chi connectivity index (χ1v) is 7.67. The Morgan fingerprint density at radius 1 is 1.27 bits per heavy atom. The van der Waals surface area contributed by atoms with Crippen LogP contribution in [0.4, 0.5) is 15.0 Å². The highest BCUT2D eigenvalue weighted by molar-refractivity contribution is 5.68. The molecule has 0 N–H and O–H groups in total. The molecule has 2 atom stereocenters. The second-order valence-electron chi connectivity index (χ2n) is 7.12. The minimum Gasteiger partial charge on any atom is -0.444 e. The average molecular weight is 307 g/mol. The standard InChI is InChI=1S/C16H22FN3O2/c1-16(2,3)22-15(21)20-9-11-7-19(8-12(11)10-20)14-13(17)5-4-6-18-14/h4-6,11-12H,7-10H2,1-3H3. The lowest BCUT2D eigenvalue weighted by Crippen LogP contribution is -2.37. The van der Waals surface area contributed by atoms with E-state index >= 15 is 0 Å². The smallest absolute Gasteiger partial charge is 0.410 e. The van der Waals surface area contributed by atoms with Crippen LogP contribution in [0.2, 0.25) is 0 Å². The summed E-state index contributed by atoms with van der Waals surface area (Å²) in [5.74, 6) is 0.843. The molecule has 0 saturated carbocycles. The fourth-order valence-corrected chi connectivity index (χ4v) is 3.25. The van der Waals surface area contributed by atoms with Gasteiger partial charge >= 0.3 is 6.09 Å². The topological polar surface area (TPSA) is 45.7 Å². The Bertz CT molecular complexity index is 559. The van der Waals surface area contributed by atoms with Gasteiger partial charge in [0.05, 0.1) is 0 Å². The van der Waals surface area contributed by atoms with Crippen molar-refractivity contribution in [3.63, 3.8) is 0 Å². The molecule has 0 aliphatic carbocycles. The Balaban J connectivity index is 1.61. The van der Waals surface area contributed by atoms with Crippen LogP contribution in [-0.2, 0) is 4.74 Å². The Hall–Kier alpha value is -1.85. The molecule has 2 unspecified atom stereocenters. The van der Waals surface area contributed by atoms with E-state index in [1.165, 1.54) is 6.07 Å². The molecule has 120 valence electrons. The van der Waals surface area contributed by atoms with Crippen LogP contribution in [0.3, 0.4) is 0 Å². The first-order valence-electron chi connectivity index (χ1n) is 7.67. The van der Waals surface area contributed by atoms with E-state index in [9.17, 15) is 9.18 Å². The maximum Gasteiger partial charge on any atom is 0.410 e. The first kappa shape index (κ1) is 15.1. The highest BCUT2D eigenvalue weighted by Gasteiger charge is 2.43. The Kier molecular flexibility index (Phi) is 3.70. The molecule has 2 fully saturated rings. The largest absolute Gasteiger partial charge is 0.444 e. The number of hydrogen-bond donors (Lipinski definition) is 0. The molecular formula is C16H22FN3O2. The molecule has 1 amide bonds. The van der Waals surface area contributed by atoms with Crippen molar-refractivity contribution in [2.75, 3.05) is 31.1 Å². The number of fused-ring (bicyclic) bond motifs is 1. The first-order chi connectivity index (χ1) is 10.3. The maximum atomic E-state index is 13.8. The van der Waals surface area contributed by atoms with Gasteiger partial charge in [0.15, 0.2) is 11.6 Å². The summed E-state index contributed by atoms with van der Waals surface area (Å²) >= 11 is 0. The number of carbonyl (C=O) groups excluding carboxylic acids is 1. The highest BCUT2D eigenvalue weighted by Crippen LogP contribution is 2.34. The summed E-state index contributed by atoms with van der Waals surface area (Å²) in [6, 6.07) is 3.03. The summed E-state index contributed by atoms with van der Waals surface area (Å²) in [6.45, 7) is 8.42. The summed E-state index contributed by atoms with van der Waals surface area (Å²) in [6.07, 6.45) is 1.36. The van der Waals surface area contributed by atoms with E-state index in [4.69, 9.17) is 4.74 Å². The molecule has 3 rings (SSSR count). The van der Waals surface area contributed by atoms with E-state index < -0.39 is 5.60 Å². The number of ether oxygens (including phenoxy) is 1. The van der Waals surface area contributed by atoms with Crippen molar-refractivity contribution in [3.8, 4) is 0 Å². The molecule has 2 saturated heterocycles. The van der Waals surface area contributed by atoms with E-state index in [2.05, 4.69) is 4.98 Å². The zero-order valence-corrected chi connectivity index (χ0v) is 13.3. The van der Waals surface area contributed by atoms with Gasteiger partial charge in [-0.3, -0.25) is 0 Å². The number of nitrogens with zero attached hydrogens (tertiary/aromatic N) is 3. The maximum absolute atomic E-state index is 13.8. The predicted octanol–water partition coefficient (Wildman–Crippen LogP) is 2.52. The number of rotatable bonds is 1. The van der Waals surface area contributed by atoms with Crippen LogP contribution in [0.25, 0.3) is 0 Å². The lowest BCUT2D eigenvalue weighted by molar-refractivity contribution is 0.0282. The zero-order valence-electron chi connectivity index (χ0n) is 13.3. The molecule has 2 aliphatic rings. The van der Waals surface area contributed by atoms with Crippen LogP contribution in [0, 0.1) is 17.7 Å². The summed E-state index contributed by atoms with van der Waals surface area (Å²) < 4.78 is 19.2. The van der Waals surface area contributed by atoms with Crippen LogP contribution in [0.5, 0.6) is 0 Å². The quantitative estimate of drug-likeness (QED) is 0.800. The molecule has 0 bridgehead atoms. The number of carbonyl (C=O) groups is 1. The Morgan fingerprint density at radius 2 is 1.91 bits per heavy atom. The van der Waals surface area contributed by atoms with Crippen molar-refractivity contribution < 1.29 is 13.9 Å². The Labute approximate surface area is 130 Å². The van der Waals surface area contributed by atoms with Crippen molar-refractivity contribution in [2.24, 2.45) is 11.8 Å². The van der Waals surface area contributed by atoms with Crippen LogP contribution < -0.4 is 4.90 Å². The molecule has 0 radical (unpaired) electrons. The molecule has 1 aromatic rings. The number of hydrogen-bond acceptors (Lipinski definition) is 4. The molecular weight excluding hydrogens is 285 g/mol. The van der Waals surface area contributed by atoms with E-state index in [1.54, 1.807) is 17.2 Å². The van der Waals surface area contributed by atoms with Gasteiger partial charge in [-0.05, 0) is 32.9 Å². The van der Waals surface area contributed by atoms with Crippen LogP contribution in [0.15, 0.2) is 18.3 Å². The minimum atomic E-state index is -0.474. The van der Waals surface area contributed by atoms with E-state index in [0.29, 0.717) is 30.7 Å². The number of likely N-dealkylation sites (tertiary alicyclic amines) is 1. The van der Waals surface area contributed by atoms with Gasteiger partial charge in [0.1, 0.15) is 5.60 Å². The summed E-state index contributed by atoms with van der Waals surface area (Å²) in [5.41, 5.74) is -0.474. The average Bonchev–Trinajstić information content (AvgIpc) is 2.95. The number of aromatic nitrogens is 1. The van der Waals surface area contributed by atoms with Crippen molar-refractivity contribution in [2.45, 2.75) is 26.4 Å². The van der Waals surface area contributed by atoms with Crippen molar-refractivity contribution in [1.82, 2.24) is 9.88 Å². The van der Waals surface area contributed by atoms with Gasteiger partial charge in [0.2, 0.25) is 0 Å². The molecule has 3 heterocycles. The molecule has 22 heavy (non-hydrogen) atoms. The summed E-state index contributed by atoms with van der Waals surface area (Å²) in [4.78, 5) is 20.0. The molecule has 2 aliphatic heterocycles. The minimum absolute atomic E-state index is 0.252. The molecule has 5 nitrogen and oxygen atoms in total. The van der Waals surface area contributed by atoms with Gasteiger partial charge < -0.3 is 14.5 Å². The number of halogens is 1. The van der Waals surface area contributed by atoms with E-state index in [1.807, 2.05) is 25.7 Å². The second kappa shape index (κ2) is 5.41. The molecule has 1 aromatic heterocycles. The SMILES string of the molecule is CC(C)(C)OC(=O)N1CC2CN(c3ncccc3F)CC2C1. The number of anilines is 1. The normalized spacial score (nSPS) is 24.5. The highest BCUT2D eigenvalue weighted by atomic mass is 19.1. The van der Waals surface area contributed by atoms with Crippen molar-refractivity contribution >= 4 is 11.9 Å². The monoisotopic (exact) mass is 307 g/mol. The number of amides is 1. The van der Waals surface area contributed by atoms with Gasteiger partial charge in [0.25, 0.3) is 0 Å². The van der Waals surface area contributed by atoms with Gasteiger partial charge in [0, 0.05) is 44.2 Å². The van der Waals surface area contributed by atoms with Gasteiger partial charge in [-0.1, -0.05) is 0 Å². The van der Waals surface area contributed by atoms with Crippen molar-refractivity contribution in [3.05, 3.63) is 24.1 Å². The molecule has 6 heteroatoms. The van der Waals surface area contributed by atoms with Crippen LogP contribution in [-0.4, -0.2) is 47.8 Å². The third-order valence-electron chi connectivity index (χ3n) is 4.18. The fraction of sp³-hybridized carbons (Fsp3) is 0.625.